The van der Waals surface area contributed by atoms with Crippen LogP contribution in [0.4, 0.5) is 5.00 Å². The van der Waals surface area contributed by atoms with Gasteiger partial charge in [0.1, 0.15) is 5.00 Å². The first kappa shape index (κ1) is 16.3. The van der Waals surface area contributed by atoms with Gasteiger partial charge in [0, 0.05) is 16.5 Å². The average Bonchev–Trinajstić information content (AvgIpc) is 3.33. The second-order valence-corrected chi connectivity index (χ2v) is 8.04. The van der Waals surface area contributed by atoms with Gasteiger partial charge in [-0.25, -0.2) is 0 Å². The number of hydrogen-bond donors (Lipinski definition) is 2. The molecule has 5 heteroatoms. The number of carbonyl (C=O) groups is 2. The Balaban J connectivity index is 1.66. The second-order valence-electron chi connectivity index (χ2n) is 6.93. The van der Waals surface area contributed by atoms with Crippen molar-refractivity contribution >= 4 is 28.2 Å². The minimum Gasteiger partial charge on any atom is -0.349 e. The van der Waals surface area contributed by atoms with Gasteiger partial charge in [0.2, 0.25) is 0 Å². The lowest BCUT2D eigenvalue weighted by molar-refractivity contribution is 0.0951. The SMILES string of the molecule is Cc1ccccc1C(=O)Nc1sc2c(c1C(=O)NC1CC1)CCCC2. The molecule has 4 nitrogen and oxygen atoms in total. The lowest BCUT2D eigenvalue weighted by Gasteiger charge is -2.13. The molecule has 0 radical (unpaired) electrons. The average molecular weight is 354 g/mol. The van der Waals surface area contributed by atoms with E-state index in [2.05, 4.69) is 10.6 Å². The van der Waals surface area contributed by atoms with E-state index in [4.69, 9.17) is 0 Å². The number of anilines is 1. The number of carbonyl (C=O) groups excluding carboxylic acids is 2. The molecule has 1 saturated carbocycles. The van der Waals surface area contributed by atoms with E-state index in [0.717, 1.165) is 49.7 Å². The predicted octanol–water partition coefficient (Wildman–Crippen LogP) is 4.08. The Labute approximate surface area is 151 Å². The van der Waals surface area contributed by atoms with Crippen LogP contribution < -0.4 is 10.6 Å². The highest BCUT2D eigenvalue weighted by Crippen LogP contribution is 2.38. The van der Waals surface area contributed by atoms with Gasteiger partial charge in [0.05, 0.1) is 5.56 Å². The number of fused-ring (bicyclic) bond motifs is 1. The molecule has 0 saturated heterocycles. The summed E-state index contributed by atoms with van der Waals surface area (Å²) in [5.74, 6) is -0.167. The van der Waals surface area contributed by atoms with Crippen molar-refractivity contribution in [2.75, 3.05) is 5.32 Å². The smallest absolute Gasteiger partial charge is 0.256 e. The zero-order valence-corrected chi connectivity index (χ0v) is 15.2. The molecule has 1 aromatic heterocycles. The molecule has 0 spiro atoms. The van der Waals surface area contributed by atoms with Gasteiger partial charge in [-0.05, 0) is 62.6 Å². The first-order valence-corrected chi connectivity index (χ1v) is 9.77. The molecule has 2 amide bonds. The first-order valence-electron chi connectivity index (χ1n) is 8.96. The number of amides is 2. The number of thiophene rings is 1. The molecule has 1 fully saturated rings. The molecule has 4 rings (SSSR count). The summed E-state index contributed by atoms with van der Waals surface area (Å²) in [7, 11) is 0. The molecule has 0 aliphatic heterocycles. The normalized spacial score (nSPS) is 16.2. The molecule has 1 aromatic carbocycles. The van der Waals surface area contributed by atoms with Crippen LogP contribution in [0.3, 0.4) is 0 Å². The van der Waals surface area contributed by atoms with Gasteiger partial charge in [0.15, 0.2) is 0 Å². The Bertz CT molecular complexity index is 836. The third kappa shape index (κ3) is 3.33. The summed E-state index contributed by atoms with van der Waals surface area (Å²) in [5.41, 5.74) is 3.44. The molecule has 0 unspecified atom stereocenters. The van der Waals surface area contributed by atoms with E-state index in [1.165, 1.54) is 4.88 Å². The summed E-state index contributed by atoms with van der Waals surface area (Å²) in [4.78, 5) is 26.8. The van der Waals surface area contributed by atoms with Gasteiger partial charge >= 0.3 is 0 Å². The minimum atomic E-state index is -0.142. The monoisotopic (exact) mass is 354 g/mol. The maximum absolute atomic E-state index is 12.8. The summed E-state index contributed by atoms with van der Waals surface area (Å²) in [5, 5.41) is 6.81. The molecular formula is C20H22N2O2S. The van der Waals surface area contributed by atoms with E-state index in [1.54, 1.807) is 11.3 Å². The van der Waals surface area contributed by atoms with Gasteiger partial charge in [0.25, 0.3) is 11.8 Å². The zero-order valence-electron chi connectivity index (χ0n) is 14.4. The van der Waals surface area contributed by atoms with Crippen LogP contribution in [0, 0.1) is 6.92 Å². The van der Waals surface area contributed by atoms with Crippen LogP contribution in [0.25, 0.3) is 0 Å². The van der Waals surface area contributed by atoms with Crippen LogP contribution in [-0.2, 0) is 12.8 Å². The molecule has 0 atom stereocenters. The number of aryl methyl sites for hydroxylation is 2. The molecule has 2 aliphatic rings. The summed E-state index contributed by atoms with van der Waals surface area (Å²) >= 11 is 1.57. The van der Waals surface area contributed by atoms with Crippen molar-refractivity contribution in [1.29, 1.82) is 0 Å². The Hall–Kier alpha value is -2.14. The highest BCUT2D eigenvalue weighted by molar-refractivity contribution is 7.17. The van der Waals surface area contributed by atoms with Gasteiger partial charge in [-0.15, -0.1) is 11.3 Å². The fraction of sp³-hybridized carbons (Fsp3) is 0.400. The van der Waals surface area contributed by atoms with Crippen LogP contribution >= 0.6 is 11.3 Å². The molecule has 2 N–H and O–H groups in total. The minimum absolute atomic E-state index is 0.0259. The van der Waals surface area contributed by atoms with Crippen LogP contribution in [0.2, 0.25) is 0 Å². The van der Waals surface area contributed by atoms with Crippen molar-refractivity contribution in [1.82, 2.24) is 5.32 Å². The lowest BCUT2D eigenvalue weighted by atomic mass is 9.95. The van der Waals surface area contributed by atoms with Crippen LogP contribution in [0.1, 0.15) is 62.4 Å². The third-order valence-electron chi connectivity index (χ3n) is 4.93. The Morgan fingerprint density at radius 2 is 1.84 bits per heavy atom. The van der Waals surface area contributed by atoms with E-state index in [0.29, 0.717) is 22.2 Å². The highest BCUT2D eigenvalue weighted by Gasteiger charge is 2.30. The molecule has 2 aliphatic carbocycles. The van der Waals surface area contributed by atoms with Crippen LogP contribution in [0.5, 0.6) is 0 Å². The maximum atomic E-state index is 12.8. The number of hydrogen-bond acceptors (Lipinski definition) is 3. The van der Waals surface area contributed by atoms with Crippen molar-refractivity contribution < 1.29 is 9.59 Å². The van der Waals surface area contributed by atoms with E-state index >= 15 is 0 Å². The summed E-state index contributed by atoms with van der Waals surface area (Å²) in [6.45, 7) is 1.93. The fourth-order valence-electron chi connectivity index (χ4n) is 3.38. The number of rotatable bonds is 4. The quantitative estimate of drug-likeness (QED) is 0.869. The summed E-state index contributed by atoms with van der Waals surface area (Å²) < 4.78 is 0. The highest BCUT2D eigenvalue weighted by atomic mass is 32.1. The van der Waals surface area contributed by atoms with Crippen molar-refractivity contribution in [3.63, 3.8) is 0 Å². The lowest BCUT2D eigenvalue weighted by Crippen LogP contribution is -2.27. The molecule has 1 heterocycles. The van der Waals surface area contributed by atoms with Crippen LogP contribution in [0.15, 0.2) is 24.3 Å². The second kappa shape index (κ2) is 6.64. The van der Waals surface area contributed by atoms with Crippen molar-refractivity contribution in [2.24, 2.45) is 0 Å². The standard InChI is InChI=1S/C20H22N2O2S/c1-12-6-2-3-7-14(12)18(23)22-20-17(19(24)21-13-10-11-13)15-8-4-5-9-16(15)25-20/h2-3,6-7,13H,4-5,8-11H2,1H3,(H,21,24)(H,22,23). The van der Waals surface area contributed by atoms with Gasteiger partial charge in [-0.1, -0.05) is 18.2 Å². The number of nitrogens with one attached hydrogen (secondary N) is 2. The van der Waals surface area contributed by atoms with Crippen molar-refractivity contribution in [2.45, 2.75) is 51.5 Å². The van der Waals surface area contributed by atoms with Gasteiger partial charge in [-0.3, -0.25) is 9.59 Å². The Morgan fingerprint density at radius 3 is 2.60 bits per heavy atom. The molecular weight excluding hydrogens is 332 g/mol. The molecule has 2 aromatic rings. The Morgan fingerprint density at radius 1 is 1.08 bits per heavy atom. The first-order chi connectivity index (χ1) is 12.1. The van der Waals surface area contributed by atoms with Crippen molar-refractivity contribution in [3.05, 3.63) is 51.4 Å². The van der Waals surface area contributed by atoms with E-state index in [9.17, 15) is 9.59 Å². The molecule has 0 bridgehead atoms. The van der Waals surface area contributed by atoms with Crippen molar-refractivity contribution in [3.8, 4) is 0 Å². The van der Waals surface area contributed by atoms with E-state index < -0.39 is 0 Å². The van der Waals surface area contributed by atoms with Crippen LogP contribution in [-0.4, -0.2) is 17.9 Å². The largest absolute Gasteiger partial charge is 0.349 e. The molecule has 130 valence electrons. The summed E-state index contributed by atoms with van der Waals surface area (Å²) in [6, 6.07) is 7.84. The summed E-state index contributed by atoms with van der Waals surface area (Å²) in [6.07, 6.45) is 6.32. The van der Waals surface area contributed by atoms with E-state index in [1.807, 2.05) is 31.2 Å². The molecule has 25 heavy (non-hydrogen) atoms. The maximum Gasteiger partial charge on any atom is 0.256 e. The zero-order chi connectivity index (χ0) is 17.4. The topological polar surface area (TPSA) is 58.2 Å². The number of benzene rings is 1. The van der Waals surface area contributed by atoms with Gasteiger partial charge in [-0.2, -0.15) is 0 Å². The van der Waals surface area contributed by atoms with E-state index in [-0.39, 0.29) is 11.8 Å². The van der Waals surface area contributed by atoms with Gasteiger partial charge < -0.3 is 10.6 Å². The fourth-order valence-corrected chi connectivity index (χ4v) is 4.66. The Kier molecular flexibility index (Phi) is 4.34. The third-order valence-corrected chi connectivity index (χ3v) is 6.13. The predicted molar refractivity (Wildman–Crippen MR) is 101 cm³/mol.